The van der Waals surface area contributed by atoms with Gasteiger partial charge in [-0.3, -0.25) is 0 Å². The molecule has 4 heteroatoms. The Hall–Kier alpha value is -0.770. The van der Waals surface area contributed by atoms with E-state index in [1.807, 2.05) is 18.2 Å². The Morgan fingerprint density at radius 1 is 1.30 bits per heavy atom. The molecule has 3 nitrogen and oxygen atoms in total. The van der Waals surface area contributed by atoms with Gasteiger partial charge in [0.1, 0.15) is 11.9 Å². The number of ether oxygens (including phenoxy) is 2. The van der Waals surface area contributed by atoms with Crippen LogP contribution in [0, 0.1) is 0 Å². The van der Waals surface area contributed by atoms with Gasteiger partial charge >= 0.3 is 0 Å². The van der Waals surface area contributed by atoms with Crippen LogP contribution in [0.2, 0.25) is 5.02 Å². The molecule has 1 heterocycles. The van der Waals surface area contributed by atoms with E-state index in [1.165, 1.54) is 31.2 Å². The van der Waals surface area contributed by atoms with E-state index in [1.54, 1.807) is 0 Å². The van der Waals surface area contributed by atoms with Gasteiger partial charge in [-0.1, -0.05) is 24.4 Å². The number of hydrogen-bond acceptors (Lipinski definition) is 3. The SMILES string of the molecule is Clc1ccc2c(c1)CC(CNCCOC1CCCC1)O2. The Kier molecular flexibility index (Phi) is 4.81. The maximum absolute atomic E-state index is 5.99. The zero-order chi connectivity index (χ0) is 13.8. The molecular formula is C16H22ClNO2. The third kappa shape index (κ3) is 3.66. The summed E-state index contributed by atoms with van der Waals surface area (Å²) in [6, 6.07) is 5.84. The first-order valence-corrected chi connectivity index (χ1v) is 7.96. The minimum atomic E-state index is 0.218. The second kappa shape index (κ2) is 6.79. The molecule has 1 N–H and O–H groups in total. The monoisotopic (exact) mass is 295 g/mol. The van der Waals surface area contributed by atoms with Crippen LogP contribution in [0.1, 0.15) is 31.2 Å². The average Bonchev–Trinajstić information content (AvgIpc) is 3.06. The summed E-state index contributed by atoms with van der Waals surface area (Å²) in [5, 5.41) is 4.20. The fraction of sp³-hybridized carbons (Fsp3) is 0.625. The first-order valence-electron chi connectivity index (χ1n) is 7.58. The van der Waals surface area contributed by atoms with Crippen LogP contribution in [-0.2, 0) is 11.2 Å². The molecule has 0 aromatic heterocycles. The van der Waals surface area contributed by atoms with Gasteiger partial charge in [0.25, 0.3) is 0 Å². The molecule has 1 atom stereocenters. The van der Waals surface area contributed by atoms with E-state index >= 15 is 0 Å². The topological polar surface area (TPSA) is 30.5 Å². The molecule has 1 aromatic carbocycles. The largest absolute Gasteiger partial charge is 0.488 e. The number of benzene rings is 1. The Labute approximate surface area is 125 Å². The quantitative estimate of drug-likeness (QED) is 0.818. The molecule has 1 aliphatic heterocycles. The van der Waals surface area contributed by atoms with Gasteiger partial charge in [0.05, 0.1) is 12.7 Å². The highest BCUT2D eigenvalue weighted by atomic mass is 35.5. The van der Waals surface area contributed by atoms with E-state index in [0.717, 1.165) is 36.9 Å². The Balaban J connectivity index is 1.32. The fourth-order valence-electron chi connectivity index (χ4n) is 3.02. The van der Waals surface area contributed by atoms with Crippen LogP contribution in [0.25, 0.3) is 0 Å². The van der Waals surface area contributed by atoms with Crippen molar-refractivity contribution in [3.63, 3.8) is 0 Å². The summed E-state index contributed by atoms with van der Waals surface area (Å²) in [6.07, 6.45) is 6.79. The van der Waals surface area contributed by atoms with Crippen molar-refractivity contribution in [2.75, 3.05) is 19.7 Å². The first-order chi connectivity index (χ1) is 9.81. The van der Waals surface area contributed by atoms with Gasteiger partial charge in [0.2, 0.25) is 0 Å². The molecule has 1 aromatic rings. The number of hydrogen-bond donors (Lipinski definition) is 1. The summed E-state index contributed by atoms with van der Waals surface area (Å²) < 4.78 is 11.7. The number of rotatable bonds is 6. The molecule has 0 amide bonds. The van der Waals surface area contributed by atoms with Gasteiger partial charge in [0.15, 0.2) is 0 Å². The molecule has 1 aliphatic carbocycles. The van der Waals surface area contributed by atoms with Gasteiger partial charge in [-0.25, -0.2) is 0 Å². The van der Waals surface area contributed by atoms with Crippen molar-refractivity contribution in [3.05, 3.63) is 28.8 Å². The van der Waals surface area contributed by atoms with E-state index in [4.69, 9.17) is 21.1 Å². The second-order valence-corrected chi connectivity index (χ2v) is 6.11. The lowest BCUT2D eigenvalue weighted by Crippen LogP contribution is -2.32. The van der Waals surface area contributed by atoms with Crippen molar-refractivity contribution in [1.29, 1.82) is 0 Å². The third-order valence-electron chi connectivity index (χ3n) is 4.07. The summed E-state index contributed by atoms with van der Waals surface area (Å²) in [5.74, 6) is 0.975. The summed E-state index contributed by atoms with van der Waals surface area (Å²) in [5.41, 5.74) is 1.21. The minimum absolute atomic E-state index is 0.218. The third-order valence-corrected chi connectivity index (χ3v) is 4.31. The molecule has 1 fully saturated rings. The van der Waals surface area contributed by atoms with Crippen LogP contribution in [0.5, 0.6) is 5.75 Å². The average molecular weight is 296 g/mol. The maximum Gasteiger partial charge on any atom is 0.123 e. The maximum atomic E-state index is 5.99. The smallest absolute Gasteiger partial charge is 0.123 e. The standard InChI is InChI=1S/C16H22ClNO2/c17-13-5-6-16-12(9-13)10-15(20-16)11-18-7-8-19-14-3-1-2-4-14/h5-6,9,14-15,18H,1-4,7-8,10-11H2. The van der Waals surface area contributed by atoms with E-state index in [0.29, 0.717) is 6.10 Å². The Morgan fingerprint density at radius 2 is 2.15 bits per heavy atom. The van der Waals surface area contributed by atoms with Crippen molar-refractivity contribution in [2.24, 2.45) is 0 Å². The van der Waals surface area contributed by atoms with Crippen LogP contribution in [0.15, 0.2) is 18.2 Å². The predicted molar refractivity (Wildman–Crippen MR) is 80.6 cm³/mol. The van der Waals surface area contributed by atoms with E-state index < -0.39 is 0 Å². The molecule has 1 saturated carbocycles. The van der Waals surface area contributed by atoms with Crippen LogP contribution < -0.4 is 10.1 Å². The molecule has 1 unspecified atom stereocenters. The Morgan fingerprint density at radius 3 is 3.00 bits per heavy atom. The highest BCUT2D eigenvalue weighted by Gasteiger charge is 2.22. The van der Waals surface area contributed by atoms with Crippen molar-refractivity contribution in [2.45, 2.75) is 44.3 Å². The van der Waals surface area contributed by atoms with Crippen molar-refractivity contribution < 1.29 is 9.47 Å². The molecule has 0 radical (unpaired) electrons. The predicted octanol–water partition coefficient (Wildman–Crippen LogP) is 3.19. The zero-order valence-corrected chi connectivity index (χ0v) is 12.5. The van der Waals surface area contributed by atoms with Crippen LogP contribution >= 0.6 is 11.6 Å². The fourth-order valence-corrected chi connectivity index (χ4v) is 3.21. The summed E-state index contributed by atoms with van der Waals surface area (Å²) in [7, 11) is 0. The number of fused-ring (bicyclic) bond motifs is 1. The lowest BCUT2D eigenvalue weighted by Gasteiger charge is -2.14. The molecular weight excluding hydrogens is 274 g/mol. The van der Waals surface area contributed by atoms with Gasteiger partial charge < -0.3 is 14.8 Å². The molecule has 110 valence electrons. The summed E-state index contributed by atoms with van der Waals surface area (Å²) in [4.78, 5) is 0. The Bertz CT molecular complexity index is 446. The minimum Gasteiger partial charge on any atom is -0.488 e. The van der Waals surface area contributed by atoms with Crippen molar-refractivity contribution in [1.82, 2.24) is 5.32 Å². The van der Waals surface area contributed by atoms with Crippen LogP contribution in [-0.4, -0.2) is 31.9 Å². The number of nitrogens with one attached hydrogen (secondary N) is 1. The molecule has 3 rings (SSSR count). The normalized spacial score (nSPS) is 21.9. The highest BCUT2D eigenvalue weighted by Crippen LogP contribution is 2.30. The first kappa shape index (κ1) is 14.2. The van der Waals surface area contributed by atoms with Gasteiger partial charge in [-0.05, 0) is 36.6 Å². The summed E-state index contributed by atoms with van der Waals surface area (Å²) in [6.45, 7) is 2.56. The van der Waals surface area contributed by atoms with Crippen molar-refractivity contribution in [3.8, 4) is 5.75 Å². The second-order valence-electron chi connectivity index (χ2n) is 5.68. The molecule has 0 bridgehead atoms. The number of halogens is 1. The van der Waals surface area contributed by atoms with E-state index in [2.05, 4.69) is 5.32 Å². The highest BCUT2D eigenvalue weighted by molar-refractivity contribution is 6.30. The van der Waals surface area contributed by atoms with Crippen LogP contribution in [0.4, 0.5) is 0 Å². The van der Waals surface area contributed by atoms with Crippen LogP contribution in [0.3, 0.4) is 0 Å². The molecule has 0 spiro atoms. The van der Waals surface area contributed by atoms with Gasteiger partial charge in [0, 0.05) is 24.5 Å². The lowest BCUT2D eigenvalue weighted by molar-refractivity contribution is 0.0593. The lowest BCUT2D eigenvalue weighted by atomic mass is 10.1. The van der Waals surface area contributed by atoms with Gasteiger partial charge in [-0.2, -0.15) is 0 Å². The van der Waals surface area contributed by atoms with Gasteiger partial charge in [-0.15, -0.1) is 0 Å². The van der Waals surface area contributed by atoms with Crippen molar-refractivity contribution >= 4 is 11.6 Å². The molecule has 0 saturated heterocycles. The van der Waals surface area contributed by atoms with E-state index in [9.17, 15) is 0 Å². The molecule has 2 aliphatic rings. The summed E-state index contributed by atoms with van der Waals surface area (Å²) >= 11 is 5.99. The zero-order valence-electron chi connectivity index (χ0n) is 11.7. The molecule has 20 heavy (non-hydrogen) atoms. The van der Waals surface area contributed by atoms with E-state index in [-0.39, 0.29) is 6.10 Å².